The van der Waals surface area contributed by atoms with Crippen molar-refractivity contribution in [2.75, 3.05) is 0 Å². The molecule has 0 radical (unpaired) electrons. The SMILES string of the molecule is O=C=Nc1ccc(Oc2ccc(Oc3ccc(N=C=O)cc3)c(CCc3ccccc3)c2)cc1. The molecular formula is C28H20N2O4. The summed E-state index contributed by atoms with van der Waals surface area (Å²) in [5, 5.41) is 0. The van der Waals surface area contributed by atoms with Crippen molar-refractivity contribution in [3.63, 3.8) is 0 Å². The van der Waals surface area contributed by atoms with Crippen LogP contribution in [0.5, 0.6) is 23.0 Å². The Morgan fingerprint density at radius 1 is 0.588 bits per heavy atom. The summed E-state index contributed by atoms with van der Waals surface area (Å²) in [7, 11) is 0. The summed E-state index contributed by atoms with van der Waals surface area (Å²) < 4.78 is 12.1. The molecule has 0 aliphatic carbocycles. The molecule has 0 aromatic heterocycles. The molecule has 4 aromatic carbocycles. The molecule has 4 aromatic rings. The molecule has 0 atom stereocenters. The molecule has 0 aliphatic rings. The fourth-order valence-electron chi connectivity index (χ4n) is 3.38. The molecule has 0 amide bonds. The van der Waals surface area contributed by atoms with Crippen LogP contribution < -0.4 is 9.47 Å². The van der Waals surface area contributed by atoms with Gasteiger partial charge in [-0.05, 0) is 90.7 Å². The van der Waals surface area contributed by atoms with Crippen LogP contribution in [-0.2, 0) is 22.4 Å². The summed E-state index contributed by atoms with van der Waals surface area (Å²) >= 11 is 0. The van der Waals surface area contributed by atoms with Crippen LogP contribution in [0.3, 0.4) is 0 Å². The zero-order valence-electron chi connectivity index (χ0n) is 18.2. The molecule has 0 fully saturated rings. The van der Waals surface area contributed by atoms with E-state index in [1.54, 1.807) is 48.5 Å². The van der Waals surface area contributed by atoms with Crippen LogP contribution in [0.15, 0.2) is 107 Å². The molecule has 4 rings (SSSR count). The first-order valence-electron chi connectivity index (χ1n) is 10.6. The Labute approximate surface area is 196 Å². The summed E-state index contributed by atoms with van der Waals surface area (Å²) in [6.45, 7) is 0. The van der Waals surface area contributed by atoms with Gasteiger partial charge in [0.25, 0.3) is 0 Å². The van der Waals surface area contributed by atoms with Gasteiger partial charge in [0.1, 0.15) is 23.0 Å². The van der Waals surface area contributed by atoms with Gasteiger partial charge in [-0.2, -0.15) is 9.98 Å². The molecule has 0 aliphatic heterocycles. The average molecular weight is 448 g/mol. The van der Waals surface area contributed by atoms with Gasteiger partial charge in [-0.15, -0.1) is 0 Å². The highest BCUT2D eigenvalue weighted by molar-refractivity contribution is 5.52. The van der Waals surface area contributed by atoms with Crippen LogP contribution in [0.25, 0.3) is 0 Å². The van der Waals surface area contributed by atoms with Gasteiger partial charge in [-0.1, -0.05) is 30.3 Å². The van der Waals surface area contributed by atoms with Crippen molar-refractivity contribution in [2.45, 2.75) is 12.8 Å². The molecule has 0 saturated heterocycles. The average Bonchev–Trinajstić information content (AvgIpc) is 2.87. The number of nitrogens with zero attached hydrogens (tertiary/aromatic N) is 2. The zero-order chi connectivity index (χ0) is 23.6. The topological polar surface area (TPSA) is 77.3 Å². The normalized spacial score (nSPS) is 10.0. The minimum absolute atomic E-state index is 0.513. The van der Waals surface area contributed by atoms with Crippen molar-refractivity contribution >= 4 is 23.5 Å². The fourth-order valence-corrected chi connectivity index (χ4v) is 3.38. The van der Waals surface area contributed by atoms with E-state index in [1.807, 2.05) is 36.4 Å². The number of isocyanates is 2. The van der Waals surface area contributed by atoms with Crippen molar-refractivity contribution in [1.82, 2.24) is 0 Å². The van der Waals surface area contributed by atoms with Crippen LogP contribution in [0.2, 0.25) is 0 Å². The maximum Gasteiger partial charge on any atom is 0.240 e. The number of hydrogen-bond donors (Lipinski definition) is 0. The molecule has 0 saturated carbocycles. The zero-order valence-corrected chi connectivity index (χ0v) is 18.2. The number of benzene rings is 4. The number of rotatable bonds is 9. The van der Waals surface area contributed by atoms with E-state index in [1.165, 1.54) is 17.7 Å². The maximum absolute atomic E-state index is 10.4. The predicted molar refractivity (Wildman–Crippen MR) is 129 cm³/mol. The Morgan fingerprint density at radius 3 is 1.74 bits per heavy atom. The summed E-state index contributed by atoms with van der Waals surface area (Å²) in [6, 6.07) is 29.7. The van der Waals surface area contributed by atoms with Gasteiger partial charge in [-0.25, -0.2) is 9.59 Å². The van der Waals surface area contributed by atoms with E-state index in [9.17, 15) is 9.59 Å². The molecule has 0 bridgehead atoms. The van der Waals surface area contributed by atoms with Crippen LogP contribution in [0.4, 0.5) is 11.4 Å². The first kappa shape index (κ1) is 22.4. The second-order valence-corrected chi connectivity index (χ2v) is 7.35. The Kier molecular flexibility index (Phi) is 7.40. The molecule has 0 spiro atoms. The molecular weight excluding hydrogens is 428 g/mol. The monoisotopic (exact) mass is 448 g/mol. The minimum Gasteiger partial charge on any atom is -0.457 e. The predicted octanol–water partition coefficient (Wildman–Crippen LogP) is 6.99. The van der Waals surface area contributed by atoms with Crippen LogP contribution in [0.1, 0.15) is 11.1 Å². The summed E-state index contributed by atoms with van der Waals surface area (Å²) in [5.41, 5.74) is 3.24. The molecule has 0 unspecified atom stereocenters. The van der Waals surface area contributed by atoms with Crippen molar-refractivity contribution in [1.29, 1.82) is 0 Å². The quantitative estimate of drug-likeness (QED) is 0.204. The highest BCUT2D eigenvalue weighted by Gasteiger charge is 2.10. The highest BCUT2D eigenvalue weighted by Crippen LogP contribution is 2.33. The minimum atomic E-state index is 0.513. The van der Waals surface area contributed by atoms with E-state index in [0.717, 1.165) is 18.4 Å². The lowest BCUT2D eigenvalue weighted by Crippen LogP contribution is -1.97. The van der Waals surface area contributed by atoms with Crippen molar-refractivity contribution < 1.29 is 19.1 Å². The highest BCUT2D eigenvalue weighted by atomic mass is 16.5. The molecule has 166 valence electrons. The van der Waals surface area contributed by atoms with E-state index in [2.05, 4.69) is 22.1 Å². The van der Waals surface area contributed by atoms with Gasteiger partial charge in [0.15, 0.2) is 0 Å². The molecule has 6 nitrogen and oxygen atoms in total. The van der Waals surface area contributed by atoms with Gasteiger partial charge < -0.3 is 9.47 Å². The number of carbonyl (C=O) groups excluding carboxylic acids is 2. The molecule has 0 N–H and O–H groups in total. The van der Waals surface area contributed by atoms with Gasteiger partial charge in [0, 0.05) is 0 Å². The fraction of sp³-hybridized carbons (Fsp3) is 0.0714. The third-order valence-corrected chi connectivity index (χ3v) is 5.04. The Bertz CT molecular complexity index is 1340. The first-order chi connectivity index (χ1) is 16.7. The summed E-state index contributed by atoms with van der Waals surface area (Å²) in [5.74, 6) is 2.63. The van der Waals surface area contributed by atoms with Gasteiger partial charge in [0.2, 0.25) is 12.2 Å². The Balaban J connectivity index is 1.57. The molecule has 34 heavy (non-hydrogen) atoms. The Hall–Kier alpha value is -4.76. The van der Waals surface area contributed by atoms with Crippen molar-refractivity contribution in [3.8, 4) is 23.0 Å². The van der Waals surface area contributed by atoms with E-state index in [0.29, 0.717) is 34.4 Å². The molecule has 0 heterocycles. The van der Waals surface area contributed by atoms with Gasteiger partial charge in [-0.3, -0.25) is 0 Å². The van der Waals surface area contributed by atoms with Crippen molar-refractivity contribution in [3.05, 3.63) is 108 Å². The van der Waals surface area contributed by atoms with Crippen LogP contribution in [-0.4, -0.2) is 12.2 Å². The number of hydrogen-bond acceptors (Lipinski definition) is 6. The van der Waals surface area contributed by atoms with Gasteiger partial charge >= 0.3 is 0 Å². The lowest BCUT2D eigenvalue weighted by molar-refractivity contribution is 0.463. The van der Waals surface area contributed by atoms with E-state index >= 15 is 0 Å². The van der Waals surface area contributed by atoms with Gasteiger partial charge in [0.05, 0.1) is 11.4 Å². The van der Waals surface area contributed by atoms with Crippen LogP contribution >= 0.6 is 0 Å². The summed E-state index contributed by atoms with van der Waals surface area (Å²) in [4.78, 5) is 28.0. The lowest BCUT2D eigenvalue weighted by atomic mass is 10.0. The number of ether oxygens (including phenoxy) is 2. The number of aryl methyl sites for hydroxylation is 2. The standard InChI is InChI=1S/C28H20N2O4/c31-19-29-23-8-12-25(13-9-23)33-27-16-17-28(34-26-14-10-24(11-15-26)30-20-32)22(18-27)7-6-21-4-2-1-3-5-21/h1-5,8-18H,6-7H2. The van der Waals surface area contributed by atoms with Crippen molar-refractivity contribution in [2.24, 2.45) is 9.98 Å². The number of aliphatic imine (C=N–C) groups is 2. The largest absolute Gasteiger partial charge is 0.457 e. The first-order valence-corrected chi connectivity index (χ1v) is 10.6. The molecule has 6 heteroatoms. The second-order valence-electron chi connectivity index (χ2n) is 7.35. The maximum atomic E-state index is 10.4. The smallest absolute Gasteiger partial charge is 0.240 e. The lowest BCUT2D eigenvalue weighted by Gasteiger charge is -2.14. The second kappa shape index (κ2) is 11.2. The van der Waals surface area contributed by atoms with Crippen LogP contribution in [0, 0.1) is 0 Å². The van der Waals surface area contributed by atoms with E-state index < -0.39 is 0 Å². The Morgan fingerprint density at radius 2 is 1.15 bits per heavy atom. The summed E-state index contributed by atoms with van der Waals surface area (Å²) in [6.07, 6.45) is 4.64. The van der Waals surface area contributed by atoms with E-state index in [4.69, 9.17) is 9.47 Å². The third kappa shape index (κ3) is 6.15. The third-order valence-electron chi connectivity index (χ3n) is 5.04. The van der Waals surface area contributed by atoms with E-state index in [-0.39, 0.29) is 0 Å².